The molecule has 0 radical (unpaired) electrons. The zero-order valence-electron chi connectivity index (χ0n) is 22.3. The lowest BCUT2D eigenvalue weighted by atomic mass is 9.98. The molecule has 0 saturated carbocycles. The zero-order valence-corrected chi connectivity index (χ0v) is 22.3. The number of Topliss-reactive ketones (excluding diaryl/α,β-unsaturated/α-hetero) is 1. The van der Waals surface area contributed by atoms with Crippen LogP contribution in [0.15, 0.2) is 36.4 Å². The molecular formula is C26H33NO11. The van der Waals surface area contributed by atoms with Gasteiger partial charge in [-0.25, -0.2) is 0 Å². The molecular weight excluding hydrogens is 502 g/mol. The molecule has 5 atom stereocenters. The number of hydrogen-bond donors (Lipinski definition) is 0. The molecule has 12 nitrogen and oxygen atoms in total. The minimum atomic E-state index is -1.37. The number of esters is 4. The third kappa shape index (κ3) is 8.96. The van der Waals surface area contributed by atoms with Gasteiger partial charge in [0, 0.05) is 45.4 Å². The Morgan fingerprint density at radius 2 is 1.34 bits per heavy atom. The van der Waals surface area contributed by atoms with Crippen molar-refractivity contribution in [3.8, 4) is 5.75 Å². The van der Waals surface area contributed by atoms with Crippen LogP contribution in [-0.2, 0) is 42.9 Å². The minimum absolute atomic E-state index is 0.223. The number of carbonyl (C=O) groups is 5. The maximum Gasteiger partial charge on any atom is 0.303 e. The first-order chi connectivity index (χ1) is 17.8. The second kappa shape index (κ2) is 13.7. The minimum Gasteiger partial charge on any atom is -0.463 e. The van der Waals surface area contributed by atoms with Gasteiger partial charge in [0.2, 0.25) is 12.4 Å². The van der Waals surface area contributed by atoms with Gasteiger partial charge in [0.15, 0.2) is 18.0 Å². The van der Waals surface area contributed by atoms with Gasteiger partial charge in [0.1, 0.15) is 18.5 Å². The Balaban J connectivity index is 2.38. The van der Waals surface area contributed by atoms with Crippen LogP contribution in [0.5, 0.6) is 5.75 Å². The monoisotopic (exact) mass is 535 g/mol. The second-order valence-electron chi connectivity index (χ2n) is 8.88. The fraction of sp³-hybridized carbons (Fsp3) is 0.500. The summed E-state index contributed by atoms with van der Waals surface area (Å²) < 4.78 is 32.9. The van der Waals surface area contributed by atoms with E-state index in [1.165, 1.54) is 31.2 Å². The van der Waals surface area contributed by atoms with Gasteiger partial charge >= 0.3 is 23.9 Å². The van der Waals surface area contributed by atoms with Crippen LogP contribution >= 0.6 is 0 Å². The highest BCUT2D eigenvalue weighted by Gasteiger charge is 2.53. The van der Waals surface area contributed by atoms with Crippen molar-refractivity contribution in [3.05, 3.63) is 42.0 Å². The lowest BCUT2D eigenvalue weighted by molar-refractivity contribution is -0.288. The molecule has 1 aromatic carbocycles. The molecule has 38 heavy (non-hydrogen) atoms. The Morgan fingerprint density at radius 1 is 0.816 bits per heavy atom. The molecule has 0 spiro atoms. The fourth-order valence-corrected chi connectivity index (χ4v) is 3.76. The summed E-state index contributed by atoms with van der Waals surface area (Å²) in [7, 11) is 3.64. The lowest BCUT2D eigenvalue weighted by Crippen LogP contribution is -2.63. The van der Waals surface area contributed by atoms with Crippen LogP contribution in [0.3, 0.4) is 0 Å². The Hall–Kier alpha value is -3.77. The second-order valence-corrected chi connectivity index (χ2v) is 8.88. The number of rotatable bonds is 11. The van der Waals surface area contributed by atoms with Crippen LogP contribution in [0.1, 0.15) is 38.1 Å². The molecule has 0 bridgehead atoms. The third-order valence-corrected chi connectivity index (χ3v) is 5.15. The summed E-state index contributed by atoms with van der Waals surface area (Å²) in [5.74, 6) is -2.88. The Morgan fingerprint density at radius 3 is 1.84 bits per heavy atom. The summed E-state index contributed by atoms with van der Waals surface area (Å²) in [5.41, 5.74) is 0.786. The molecule has 0 N–H and O–H groups in total. The van der Waals surface area contributed by atoms with E-state index in [0.717, 1.165) is 20.8 Å². The Kier molecular flexibility index (Phi) is 11.0. The van der Waals surface area contributed by atoms with E-state index >= 15 is 0 Å². The van der Waals surface area contributed by atoms with E-state index < -0.39 is 54.6 Å². The highest BCUT2D eigenvalue weighted by Crippen LogP contribution is 2.31. The molecule has 1 heterocycles. The lowest BCUT2D eigenvalue weighted by Gasteiger charge is -2.43. The highest BCUT2D eigenvalue weighted by atomic mass is 16.7. The smallest absolute Gasteiger partial charge is 0.303 e. The van der Waals surface area contributed by atoms with E-state index in [9.17, 15) is 24.0 Å². The maximum atomic E-state index is 12.6. The van der Waals surface area contributed by atoms with Gasteiger partial charge in [-0.2, -0.15) is 0 Å². The van der Waals surface area contributed by atoms with Crippen LogP contribution in [0.4, 0.5) is 0 Å². The summed E-state index contributed by atoms with van der Waals surface area (Å²) in [4.78, 5) is 61.5. The van der Waals surface area contributed by atoms with E-state index in [1.54, 1.807) is 0 Å². The van der Waals surface area contributed by atoms with Gasteiger partial charge in [-0.05, 0) is 38.4 Å². The third-order valence-electron chi connectivity index (χ3n) is 5.15. The van der Waals surface area contributed by atoms with E-state index in [0.29, 0.717) is 17.7 Å². The van der Waals surface area contributed by atoms with Gasteiger partial charge in [-0.3, -0.25) is 24.0 Å². The predicted molar refractivity (Wildman–Crippen MR) is 131 cm³/mol. The van der Waals surface area contributed by atoms with Gasteiger partial charge in [0.25, 0.3) is 0 Å². The Bertz CT molecular complexity index is 1050. The van der Waals surface area contributed by atoms with Crippen molar-refractivity contribution in [1.82, 2.24) is 4.90 Å². The normalized spacial score (nSPS) is 22.7. The number of benzene rings is 1. The van der Waals surface area contributed by atoms with Crippen LogP contribution in [-0.4, -0.2) is 92.5 Å². The number of hydrogen-bond acceptors (Lipinski definition) is 12. The Labute approximate surface area is 220 Å². The molecule has 208 valence electrons. The number of ketones is 1. The van der Waals surface area contributed by atoms with Crippen LogP contribution in [0.2, 0.25) is 0 Å². The molecule has 0 amide bonds. The zero-order chi connectivity index (χ0) is 28.6. The van der Waals surface area contributed by atoms with Crippen molar-refractivity contribution in [1.29, 1.82) is 0 Å². The first-order valence-electron chi connectivity index (χ1n) is 11.7. The highest BCUT2D eigenvalue weighted by molar-refractivity contribution is 6.08. The number of nitrogens with zero attached hydrogens (tertiary/aromatic N) is 1. The number of ether oxygens (including phenoxy) is 6. The van der Waals surface area contributed by atoms with Crippen molar-refractivity contribution in [2.24, 2.45) is 0 Å². The number of likely N-dealkylation sites (N-methyl/N-ethyl adjacent to an activating group) is 1. The van der Waals surface area contributed by atoms with Gasteiger partial charge in [-0.1, -0.05) is 6.58 Å². The summed E-state index contributed by atoms with van der Waals surface area (Å²) in [6.45, 7) is 8.41. The topological polar surface area (TPSA) is 144 Å². The average molecular weight is 536 g/mol. The van der Waals surface area contributed by atoms with Crippen molar-refractivity contribution in [3.63, 3.8) is 0 Å². The molecule has 0 aromatic heterocycles. The average Bonchev–Trinajstić information content (AvgIpc) is 2.80. The fourth-order valence-electron chi connectivity index (χ4n) is 3.76. The van der Waals surface area contributed by atoms with Crippen molar-refractivity contribution in [2.75, 3.05) is 27.2 Å². The molecule has 0 aliphatic carbocycles. The first-order valence-corrected chi connectivity index (χ1v) is 11.7. The SMILES string of the molecule is C=C(CN(C)C)C(=O)c1ccc(O[C@@H]2O[C@H](COC(C)=O)[C@@H](OC(C)=O)[C@H](OC(C)=O)[C@@H]2OC(C)=O)cc1. The predicted octanol–water partition coefficient (Wildman–Crippen LogP) is 1.45. The summed E-state index contributed by atoms with van der Waals surface area (Å²) in [5, 5.41) is 0. The molecule has 1 aliphatic heterocycles. The van der Waals surface area contributed by atoms with E-state index in [1.807, 2.05) is 19.0 Å². The van der Waals surface area contributed by atoms with Gasteiger partial charge < -0.3 is 33.3 Å². The summed E-state index contributed by atoms with van der Waals surface area (Å²) in [6, 6.07) is 6.07. The van der Waals surface area contributed by atoms with E-state index in [-0.39, 0.29) is 18.1 Å². The molecule has 1 saturated heterocycles. The number of carbonyl (C=O) groups excluding carboxylic acids is 5. The first kappa shape index (κ1) is 30.5. The summed E-state index contributed by atoms with van der Waals surface area (Å²) >= 11 is 0. The van der Waals surface area contributed by atoms with Gasteiger partial charge in [-0.15, -0.1) is 0 Å². The van der Waals surface area contributed by atoms with Crippen molar-refractivity contribution >= 4 is 29.7 Å². The molecule has 1 aliphatic rings. The summed E-state index contributed by atoms with van der Waals surface area (Å²) in [6.07, 6.45) is -6.52. The van der Waals surface area contributed by atoms with E-state index in [4.69, 9.17) is 28.4 Å². The maximum absolute atomic E-state index is 12.6. The van der Waals surface area contributed by atoms with E-state index in [2.05, 4.69) is 6.58 Å². The quantitative estimate of drug-likeness (QED) is 0.175. The van der Waals surface area contributed by atoms with Crippen LogP contribution in [0, 0.1) is 0 Å². The van der Waals surface area contributed by atoms with Gasteiger partial charge in [0.05, 0.1) is 0 Å². The molecule has 2 rings (SSSR count). The molecule has 1 fully saturated rings. The molecule has 12 heteroatoms. The molecule has 1 aromatic rings. The largest absolute Gasteiger partial charge is 0.463 e. The van der Waals surface area contributed by atoms with Crippen LogP contribution in [0.25, 0.3) is 0 Å². The van der Waals surface area contributed by atoms with Crippen molar-refractivity contribution < 1.29 is 52.4 Å². The van der Waals surface area contributed by atoms with Crippen molar-refractivity contribution in [2.45, 2.75) is 58.4 Å². The standard InChI is InChI=1S/C26H33NO11/c1-14(12-27(6)7)22(32)19-8-10-20(11-9-19)37-26-25(36-18(5)31)24(35-17(4)30)23(34-16(3)29)21(38-26)13-33-15(2)28/h8-11,21,23-26H,1,12-13H2,2-7H3/t21-,23-,24+,25+,26-/m1/s1. The van der Waals surface area contributed by atoms with Crippen LogP contribution < -0.4 is 4.74 Å². The molecule has 0 unspecified atom stereocenters.